The molecule has 7 heteroatoms. The van der Waals surface area contributed by atoms with Gasteiger partial charge in [-0.05, 0) is 12.8 Å². The van der Waals surface area contributed by atoms with Crippen LogP contribution in [0.25, 0.3) is 0 Å². The van der Waals surface area contributed by atoms with Crippen molar-refractivity contribution in [1.82, 2.24) is 25.3 Å². The minimum Gasteiger partial charge on any atom is -0.379 e. The quantitative estimate of drug-likeness (QED) is 0.526. The molecule has 0 aromatic carbocycles. The Labute approximate surface area is 164 Å². The summed E-state index contributed by atoms with van der Waals surface area (Å²) in [6.07, 6.45) is 6.66. The first-order valence-electron chi connectivity index (χ1n) is 11.0. The number of aliphatic imine (C=N–C) groups is 1. The molecule has 1 saturated carbocycles. The number of hydrogen-bond donors (Lipinski definition) is 2. The molecule has 1 atom stereocenters. The summed E-state index contributed by atoms with van der Waals surface area (Å²) in [7, 11) is 1.90. The highest BCUT2D eigenvalue weighted by Crippen LogP contribution is 2.33. The number of ether oxygens (including phenoxy) is 1. The lowest BCUT2D eigenvalue weighted by atomic mass is 9.80. The number of hydrogen-bond acceptors (Lipinski definition) is 5. The Kier molecular flexibility index (Phi) is 6.53. The van der Waals surface area contributed by atoms with Gasteiger partial charge in [-0.2, -0.15) is 0 Å². The van der Waals surface area contributed by atoms with E-state index in [1.807, 2.05) is 7.05 Å². The number of piperazine rings is 3. The van der Waals surface area contributed by atoms with E-state index in [-0.39, 0.29) is 5.54 Å². The van der Waals surface area contributed by atoms with Gasteiger partial charge in [0.2, 0.25) is 0 Å². The second kappa shape index (κ2) is 9.07. The van der Waals surface area contributed by atoms with Gasteiger partial charge in [0.15, 0.2) is 5.96 Å². The van der Waals surface area contributed by atoms with Crippen molar-refractivity contribution in [3.05, 3.63) is 0 Å². The summed E-state index contributed by atoms with van der Waals surface area (Å²) in [5.41, 5.74) is 0.277. The van der Waals surface area contributed by atoms with Gasteiger partial charge in [0.05, 0.1) is 13.2 Å². The van der Waals surface area contributed by atoms with Crippen molar-refractivity contribution >= 4 is 5.96 Å². The summed E-state index contributed by atoms with van der Waals surface area (Å²) >= 11 is 0. The smallest absolute Gasteiger partial charge is 0.191 e. The standard InChI is InChI=1S/C20H38N6O/c1-21-19(22-15-18-16-24-7-9-25(18)10-8-24)23-17-20(5-3-2-4-6-20)26-11-13-27-14-12-26/h18H,2-17H2,1H3,(H2,21,22,23). The van der Waals surface area contributed by atoms with Crippen LogP contribution < -0.4 is 10.6 Å². The van der Waals surface area contributed by atoms with Gasteiger partial charge in [-0.15, -0.1) is 0 Å². The van der Waals surface area contributed by atoms with Crippen molar-refractivity contribution in [2.75, 3.05) is 79.2 Å². The molecule has 1 aliphatic carbocycles. The number of guanidine groups is 1. The van der Waals surface area contributed by atoms with Crippen molar-refractivity contribution in [2.45, 2.75) is 43.7 Å². The predicted molar refractivity (Wildman–Crippen MR) is 109 cm³/mol. The third-order valence-corrected chi connectivity index (χ3v) is 7.17. The van der Waals surface area contributed by atoms with Crippen LogP contribution in [0.1, 0.15) is 32.1 Å². The fourth-order valence-electron chi connectivity index (χ4n) is 5.45. The highest BCUT2D eigenvalue weighted by Gasteiger charge is 2.38. The van der Waals surface area contributed by atoms with Gasteiger partial charge in [-0.3, -0.25) is 19.7 Å². The minimum absolute atomic E-state index is 0.277. The zero-order chi connectivity index (χ0) is 18.5. The molecule has 0 spiro atoms. The SMILES string of the molecule is CN=C(NCC1CN2CCN1CC2)NCC1(N2CCOCC2)CCCCC1. The highest BCUT2D eigenvalue weighted by atomic mass is 16.5. The van der Waals surface area contributed by atoms with E-state index in [0.29, 0.717) is 6.04 Å². The van der Waals surface area contributed by atoms with E-state index in [0.717, 1.165) is 45.4 Å². The second-order valence-electron chi connectivity index (χ2n) is 8.68. The molecule has 2 N–H and O–H groups in total. The molecule has 1 unspecified atom stereocenters. The maximum atomic E-state index is 5.61. The lowest BCUT2D eigenvalue weighted by Gasteiger charge is -2.48. The van der Waals surface area contributed by atoms with Gasteiger partial charge in [0.1, 0.15) is 0 Å². The largest absolute Gasteiger partial charge is 0.379 e. The maximum Gasteiger partial charge on any atom is 0.191 e. The Bertz CT molecular complexity index is 493. The molecule has 0 radical (unpaired) electrons. The molecule has 4 saturated heterocycles. The van der Waals surface area contributed by atoms with Crippen LogP contribution in [-0.4, -0.2) is 111 Å². The van der Waals surface area contributed by atoms with Crippen LogP contribution in [0.5, 0.6) is 0 Å². The van der Waals surface area contributed by atoms with Crippen LogP contribution in [0.15, 0.2) is 4.99 Å². The van der Waals surface area contributed by atoms with E-state index in [2.05, 4.69) is 30.3 Å². The molecular formula is C20H38N6O. The van der Waals surface area contributed by atoms with E-state index in [9.17, 15) is 0 Å². The van der Waals surface area contributed by atoms with E-state index in [1.54, 1.807) is 0 Å². The zero-order valence-corrected chi connectivity index (χ0v) is 17.1. The third-order valence-electron chi connectivity index (χ3n) is 7.17. The fourth-order valence-corrected chi connectivity index (χ4v) is 5.45. The molecule has 5 rings (SSSR count). The topological polar surface area (TPSA) is 55.4 Å². The Morgan fingerprint density at radius 1 is 1.00 bits per heavy atom. The average molecular weight is 379 g/mol. The first-order valence-corrected chi connectivity index (χ1v) is 11.0. The molecule has 27 heavy (non-hydrogen) atoms. The van der Waals surface area contributed by atoms with Gasteiger partial charge in [-0.25, -0.2) is 0 Å². The van der Waals surface area contributed by atoms with Gasteiger partial charge in [0, 0.05) is 77.5 Å². The first kappa shape index (κ1) is 19.4. The van der Waals surface area contributed by atoms with Gasteiger partial charge >= 0.3 is 0 Å². The van der Waals surface area contributed by atoms with Crippen LogP contribution in [0.2, 0.25) is 0 Å². The van der Waals surface area contributed by atoms with Crippen LogP contribution in [0.3, 0.4) is 0 Å². The van der Waals surface area contributed by atoms with E-state index < -0.39 is 0 Å². The summed E-state index contributed by atoms with van der Waals surface area (Å²) in [6, 6.07) is 0.619. The molecule has 7 nitrogen and oxygen atoms in total. The molecular weight excluding hydrogens is 340 g/mol. The maximum absolute atomic E-state index is 5.61. The number of nitrogens with one attached hydrogen (secondary N) is 2. The molecule has 5 fully saturated rings. The summed E-state index contributed by atoms with van der Waals surface area (Å²) in [5, 5.41) is 7.30. The van der Waals surface area contributed by atoms with Gasteiger partial charge in [-0.1, -0.05) is 19.3 Å². The minimum atomic E-state index is 0.277. The Morgan fingerprint density at radius 3 is 2.37 bits per heavy atom. The molecule has 0 aromatic heterocycles. The Balaban J connectivity index is 1.30. The summed E-state index contributed by atoms with van der Waals surface area (Å²) < 4.78 is 5.61. The summed E-state index contributed by atoms with van der Waals surface area (Å²) in [5.74, 6) is 0.964. The Morgan fingerprint density at radius 2 is 1.74 bits per heavy atom. The van der Waals surface area contributed by atoms with Gasteiger partial charge in [0.25, 0.3) is 0 Å². The average Bonchev–Trinajstić information content (AvgIpc) is 2.76. The van der Waals surface area contributed by atoms with Crippen LogP contribution in [0, 0.1) is 0 Å². The molecule has 4 heterocycles. The normalized spacial score (nSPS) is 34.4. The van der Waals surface area contributed by atoms with Crippen molar-refractivity contribution in [3.63, 3.8) is 0 Å². The van der Waals surface area contributed by atoms with Crippen LogP contribution >= 0.6 is 0 Å². The zero-order valence-electron chi connectivity index (χ0n) is 17.1. The van der Waals surface area contributed by atoms with E-state index in [1.165, 1.54) is 64.8 Å². The van der Waals surface area contributed by atoms with Gasteiger partial charge < -0.3 is 15.4 Å². The van der Waals surface area contributed by atoms with E-state index in [4.69, 9.17) is 4.74 Å². The van der Waals surface area contributed by atoms with Crippen molar-refractivity contribution in [3.8, 4) is 0 Å². The van der Waals surface area contributed by atoms with Crippen LogP contribution in [0.4, 0.5) is 0 Å². The van der Waals surface area contributed by atoms with Crippen molar-refractivity contribution < 1.29 is 4.74 Å². The number of morpholine rings is 1. The molecule has 5 aliphatic rings. The van der Waals surface area contributed by atoms with Crippen molar-refractivity contribution in [1.29, 1.82) is 0 Å². The number of rotatable bonds is 5. The van der Waals surface area contributed by atoms with E-state index >= 15 is 0 Å². The second-order valence-corrected chi connectivity index (χ2v) is 8.68. The monoisotopic (exact) mass is 378 g/mol. The molecule has 2 bridgehead atoms. The lowest BCUT2D eigenvalue weighted by Crippen LogP contribution is -2.64. The number of fused-ring (bicyclic) bond motifs is 3. The molecule has 154 valence electrons. The summed E-state index contributed by atoms with van der Waals surface area (Å²) in [4.78, 5) is 12.4. The molecule has 0 amide bonds. The predicted octanol–water partition coefficient (Wildman–Crippen LogP) is 0.186. The Hall–Kier alpha value is -0.890. The first-order chi connectivity index (χ1) is 13.3. The molecule has 4 aliphatic heterocycles. The van der Waals surface area contributed by atoms with Crippen molar-refractivity contribution in [2.24, 2.45) is 4.99 Å². The fraction of sp³-hybridized carbons (Fsp3) is 0.950. The number of nitrogens with zero attached hydrogens (tertiary/aromatic N) is 4. The lowest BCUT2D eigenvalue weighted by molar-refractivity contribution is -0.0353. The third kappa shape index (κ3) is 4.58. The highest BCUT2D eigenvalue weighted by molar-refractivity contribution is 5.79. The summed E-state index contributed by atoms with van der Waals surface area (Å²) in [6.45, 7) is 12.0. The molecule has 0 aromatic rings. The van der Waals surface area contributed by atoms with Crippen LogP contribution in [-0.2, 0) is 4.74 Å².